The minimum absolute atomic E-state index is 0.168. The van der Waals surface area contributed by atoms with Crippen molar-refractivity contribution < 1.29 is 19.4 Å². The minimum atomic E-state index is -1.49. The summed E-state index contributed by atoms with van der Waals surface area (Å²) in [4.78, 5) is 20.9. The van der Waals surface area contributed by atoms with Gasteiger partial charge in [0.25, 0.3) is 0 Å². The predicted octanol–water partition coefficient (Wildman–Crippen LogP) is 0.829. The minimum Gasteiger partial charge on any atom is -0.492 e. The van der Waals surface area contributed by atoms with Gasteiger partial charge in [0, 0.05) is 0 Å². The molecule has 2 N–H and O–H groups in total. The Morgan fingerprint density at radius 3 is 2.82 bits per heavy atom. The fourth-order valence-electron chi connectivity index (χ4n) is 1.26. The van der Waals surface area contributed by atoms with Gasteiger partial charge in [-0.05, 0) is 24.1 Å². The van der Waals surface area contributed by atoms with Crippen molar-refractivity contribution in [3.63, 3.8) is 0 Å². The summed E-state index contributed by atoms with van der Waals surface area (Å²) in [6.45, 7) is 2.46. The summed E-state index contributed by atoms with van der Waals surface area (Å²) in [7, 11) is 0. The SMILES string of the molecule is CCc1cccc(OCCNC(=O)C(=O)O)c1. The molecule has 92 valence electrons. The monoisotopic (exact) mass is 237 g/mol. The van der Waals surface area contributed by atoms with E-state index in [9.17, 15) is 9.59 Å². The van der Waals surface area contributed by atoms with Crippen molar-refractivity contribution in [3.05, 3.63) is 29.8 Å². The van der Waals surface area contributed by atoms with Gasteiger partial charge in [-0.25, -0.2) is 4.79 Å². The van der Waals surface area contributed by atoms with Gasteiger partial charge in [0.15, 0.2) is 0 Å². The number of nitrogens with one attached hydrogen (secondary N) is 1. The third-order valence-corrected chi connectivity index (χ3v) is 2.16. The largest absolute Gasteiger partial charge is 0.492 e. The summed E-state index contributed by atoms with van der Waals surface area (Å²) in [6, 6.07) is 7.63. The number of carboxylic acids is 1. The van der Waals surface area contributed by atoms with Crippen LogP contribution in [0.5, 0.6) is 5.75 Å². The molecule has 5 heteroatoms. The second-order valence-corrected chi connectivity index (χ2v) is 3.41. The Morgan fingerprint density at radius 1 is 1.41 bits per heavy atom. The maximum atomic E-state index is 10.7. The fraction of sp³-hybridized carbons (Fsp3) is 0.333. The van der Waals surface area contributed by atoms with Crippen molar-refractivity contribution in [1.29, 1.82) is 0 Å². The number of carbonyl (C=O) groups excluding carboxylic acids is 1. The number of carbonyl (C=O) groups is 2. The number of ether oxygens (including phenoxy) is 1. The first-order valence-corrected chi connectivity index (χ1v) is 5.36. The maximum absolute atomic E-state index is 10.7. The van der Waals surface area contributed by atoms with E-state index in [-0.39, 0.29) is 13.2 Å². The standard InChI is InChI=1S/C12H15NO4/c1-2-9-4-3-5-10(8-9)17-7-6-13-11(14)12(15)16/h3-5,8H,2,6-7H2,1H3,(H,13,14)(H,15,16). The topological polar surface area (TPSA) is 75.6 Å². The molecule has 1 aromatic carbocycles. The summed E-state index contributed by atoms with van der Waals surface area (Å²) >= 11 is 0. The summed E-state index contributed by atoms with van der Waals surface area (Å²) < 4.78 is 5.37. The van der Waals surface area contributed by atoms with E-state index in [0.717, 1.165) is 12.0 Å². The molecule has 0 saturated heterocycles. The van der Waals surface area contributed by atoms with Gasteiger partial charge in [0.05, 0.1) is 6.54 Å². The summed E-state index contributed by atoms with van der Waals surface area (Å²) in [5.41, 5.74) is 1.16. The number of carboxylic acid groups (broad SMARTS) is 1. The van der Waals surface area contributed by atoms with Crippen LogP contribution in [0.25, 0.3) is 0 Å². The molecule has 0 aromatic heterocycles. The first-order valence-electron chi connectivity index (χ1n) is 5.36. The molecular weight excluding hydrogens is 222 g/mol. The Bertz CT molecular complexity index is 403. The van der Waals surface area contributed by atoms with Gasteiger partial charge >= 0.3 is 11.9 Å². The number of aliphatic carboxylic acids is 1. The quantitative estimate of drug-likeness (QED) is 0.587. The highest BCUT2D eigenvalue weighted by Gasteiger charge is 2.08. The smallest absolute Gasteiger partial charge is 0.394 e. The third kappa shape index (κ3) is 4.55. The van der Waals surface area contributed by atoms with E-state index in [0.29, 0.717) is 5.75 Å². The Hall–Kier alpha value is -2.04. The number of hydrogen-bond donors (Lipinski definition) is 2. The second kappa shape index (κ2) is 6.52. The van der Waals surface area contributed by atoms with Crippen LogP contribution in [0.1, 0.15) is 12.5 Å². The average molecular weight is 237 g/mol. The number of rotatable bonds is 5. The maximum Gasteiger partial charge on any atom is 0.394 e. The van der Waals surface area contributed by atoms with E-state index >= 15 is 0 Å². The van der Waals surface area contributed by atoms with Gasteiger partial charge in [-0.1, -0.05) is 19.1 Å². The van der Waals surface area contributed by atoms with E-state index in [1.807, 2.05) is 31.2 Å². The van der Waals surface area contributed by atoms with Gasteiger partial charge in [-0.2, -0.15) is 0 Å². The molecule has 0 atom stereocenters. The van der Waals surface area contributed by atoms with Crippen LogP contribution in [0.2, 0.25) is 0 Å². The van der Waals surface area contributed by atoms with Gasteiger partial charge in [0.1, 0.15) is 12.4 Å². The molecule has 1 rings (SSSR count). The molecule has 0 fully saturated rings. The Kier molecular flexibility index (Phi) is 5.00. The zero-order chi connectivity index (χ0) is 12.7. The van der Waals surface area contributed by atoms with Crippen molar-refractivity contribution >= 4 is 11.9 Å². The van der Waals surface area contributed by atoms with Crippen LogP contribution in [-0.4, -0.2) is 30.1 Å². The normalized spacial score (nSPS) is 9.71. The lowest BCUT2D eigenvalue weighted by atomic mass is 10.2. The number of amides is 1. The molecule has 1 aromatic rings. The van der Waals surface area contributed by atoms with Crippen LogP contribution >= 0.6 is 0 Å². The molecule has 0 aliphatic heterocycles. The average Bonchev–Trinajstić information content (AvgIpc) is 2.34. The first kappa shape index (κ1) is 13.0. The first-order chi connectivity index (χ1) is 8.13. The van der Waals surface area contributed by atoms with Crippen LogP contribution in [0, 0.1) is 0 Å². The van der Waals surface area contributed by atoms with Gasteiger partial charge in [0.2, 0.25) is 0 Å². The van der Waals surface area contributed by atoms with Crippen molar-refractivity contribution in [2.75, 3.05) is 13.2 Å². The molecule has 0 bridgehead atoms. The highest BCUT2D eigenvalue weighted by molar-refractivity contribution is 6.31. The van der Waals surface area contributed by atoms with Crippen LogP contribution in [0.4, 0.5) is 0 Å². The van der Waals surface area contributed by atoms with Gasteiger partial charge < -0.3 is 15.2 Å². The highest BCUT2D eigenvalue weighted by atomic mass is 16.5. The summed E-state index contributed by atoms with van der Waals surface area (Å²) in [5, 5.41) is 10.5. The Balaban J connectivity index is 2.31. The zero-order valence-corrected chi connectivity index (χ0v) is 9.60. The molecule has 0 unspecified atom stereocenters. The molecule has 1 amide bonds. The lowest BCUT2D eigenvalue weighted by Gasteiger charge is -2.07. The molecule has 0 heterocycles. The van der Waals surface area contributed by atoms with Crippen molar-refractivity contribution in [2.45, 2.75) is 13.3 Å². The summed E-state index contributed by atoms with van der Waals surface area (Å²) in [6.07, 6.45) is 0.924. The molecule has 0 radical (unpaired) electrons. The van der Waals surface area contributed by atoms with E-state index < -0.39 is 11.9 Å². The van der Waals surface area contributed by atoms with E-state index in [2.05, 4.69) is 5.32 Å². The molecule has 0 saturated carbocycles. The molecular formula is C12H15NO4. The van der Waals surface area contributed by atoms with Gasteiger partial charge in [-0.3, -0.25) is 4.79 Å². The third-order valence-electron chi connectivity index (χ3n) is 2.16. The van der Waals surface area contributed by atoms with Crippen LogP contribution < -0.4 is 10.1 Å². The molecule has 17 heavy (non-hydrogen) atoms. The number of benzene rings is 1. The van der Waals surface area contributed by atoms with Crippen molar-refractivity contribution in [3.8, 4) is 5.75 Å². The fourth-order valence-corrected chi connectivity index (χ4v) is 1.26. The van der Waals surface area contributed by atoms with Crippen molar-refractivity contribution in [2.24, 2.45) is 0 Å². The molecule has 0 aliphatic carbocycles. The van der Waals surface area contributed by atoms with E-state index in [1.165, 1.54) is 0 Å². The lowest BCUT2D eigenvalue weighted by Crippen LogP contribution is -2.33. The Labute approximate surface area is 99.4 Å². The van der Waals surface area contributed by atoms with E-state index in [1.54, 1.807) is 0 Å². The van der Waals surface area contributed by atoms with E-state index in [4.69, 9.17) is 9.84 Å². The van der Waals surface area contributed by atoms with Crippen LogP contribution in [0.15, 0.2) is 24.3 Å². The molecule has 5 nitrogen and oxygen atoms in total. The van der Waals surface area contributed by atoms with Gasteiger partial charge in [-0.15, -0.1) is 0 Å². The predicted molar refractivity (Wildman–Crippen MR) is 62.0 cm³/mol. The highest BCUT2D eigenvalue weighted by Crippen LogP contribution is 2.13. The van der Waals surface area contributed by atoms with Crippen molar-refractivity contribution in [1.82, 2.24) is 5.32 Å². The molecule has 0 spiro atoms. The Morgan fingerprint density at radius 2 is 2.18 bits per heavy atom. The number of aryl methyl sites for hydroxylation is 1. The molecule has 0 aliphatic rings. The zero-order valence-electron chi connectivity index (χ0n) is 9.60. The number of hydrogen-bond acceptors (Lipinski definition) is 3. The van der Waals surface area contributed by atoms with Crippen LogP contribution in [-0.2, 0) is 16.0 Å². The summed E-state index contributed by atoms with van der Waals surface area (Å²) in [5.74, 6) is -1.79. The van der Waals surface area contributed by atoms with Crippen LogP contribution in [0.3, 0.4) is 0 Å². The second-order valence-electron chi connectivity index (χ2n) is 3.41. The lowest BCUT2D eigenvalue weighted by molar-refractivity contribution is -0.150.